The molecule has 0 aliphatic rings. The molecule has 8 aromatic carbocycles. The van der Waals surface area contributed by atoms with Crippen molar-refractivity contribution in [3.05, 3.63) is 198 Å². The first-order valence-electron chi connectivity index (χ1n) is 22.5. The van der Waals surface area contributed by atoms with Gasteiger partial charge in [0, 0.05) is 55.7 Å². The summed E-state index contributed by atoms with van der Waals surface area (Å²) in [7, 11) is 0. The second-order valence-corrected chi connectivity index (χ2v) is 17.9. The number of rotatable bonds is 12. The number of hydrogen-bond donors (Lipinski definition) is 0. The van der Waals surface area contributed by atoms with Crippen molar-refractivity contribution in [3.8, 4) is 0 Å². The second kappa shape index (κ2) is 16.8. The van der Waals surface area contributed by atoms with E-state index in [1.54, 1.807) is 0 Å². The lowest BCUT2D eigenvalue weighted by Gasteiger charge is -2.27. The third kappa shape index (κ3) is 7.67. The van der Waals surface area contributed by atoms with Crippen LogP contribution in [0.25, 0.3) is 65.4 Å². The van der Waals surface area contributed by atoms with Crippen LogP contribution in [-0.4, -0.2) is 6.72 Å². The Morgan fingerprint density at radius 2 is 1.09 bits per heavy atom. The SMILES string of the molecule is C=C/C(=C\C=C(/C)C(C)C)N(c1ccc(CN=C)cc1)c1ccc2cc3c(cc2c1)oc1c3ccc2c3cc4ccc(N(c5ccc(C)cc5)c5ccc(C(C)C)cc5)cc4cc3oc21. The maximum Gasteiger partial charge on any atom is 0.178 e. The van der Waals surface area contributed by atoms with Gasteiger partial charge in [-0.2, -0.15) is 0 Å². The summed E-state index contributed by atoms with van der Waals surface area (Å²) in [5, 5.41) is 8.63. The highest BCUT2D eigenvalue weighted by molar-refractivity contribution is 6.21. The summed E-state index contributed by atoms with van der Waals surface area (Å²) in [5.74, 6) is 0.905. The van der Waals surface area contributed by atoms with E-state index in [0.29, 0.717) is 18.4 Å². The summed E-state index contributed by atoms with van der Waals surface area (Å²) >= 11 is 0. The molecule has 0 N–H and O–H groups in total. The maximum atomic E-state index is 6.79. The first kappa shape index (κ1) is 41.4. The van der Waals surface area contributed by atoms with Crippen molar-refractivity contribution in [2.75, 3.05) is 9.80 Å². The average molecular weight is 848 g/mol. The third-order valence-electron chi connectivity index (χ3n) is 13.0. The van der Waals surface area contributed by atoms with E-state index in [1.807, 2.05) is 6.08 Å². The molecule has 0 spiro atoms. The quantitative estimate of drug-likeness (QED) is 0.0907. The zero-order chi connectivity index (χ0) is 44.9. The minimum absolute atomic E-state index is 0.442. The summed E-state index contributed by atoms with van der Waals surface area (Å²) < 4.78 is 13.6. The van der Waals surface area contributed by atoms with Crippen molar-refractivity contribution in [2.24, 2.45) is 10.9 Å². The molecule has 5 heteroatoms. The summed E-state index contributed by atoms with van der Waals surface area (Å²) in [4.78, 5) is 8.66. The van der Waals surface area contributed by atoms with Gasteiger partial charge in [-0.05, 0) is 174 Å². The molecule has 0 saturated carbocycles. The Kier molecular flexibility index (Phi) is 10.7. The van der Waals surface area contributed by atoms with Gasteiger partial charge >= 0.3 is 0 Å². The first-order chi connectivity index (χ1) is 31.6. The lowest BCUT2D eigenvalue weighted by atomic mass is 10.0. The van der Waals surface area contributed by atoms with Gasteiger partial charge in [0.1, 0.15) is 11.2 Å². The van der Waals surface area contributed by atoms with Crippen LogP contribution < -0.4 is 9.80 Å². The van der Waals surface area contributed by atoms with Crippen LogP contribution in [0.15, 0.2) is 195 Å². The predicted octanol–water partition coefficient (Wildman–Crippen LogP) is 17.7. The van der Waals surface area contributed by atoms with E-state index in [2.05, 4.69) is 227 Å². The Balaban J connectivity index is 1.06. The van der Waals surface area contributed by atoms with E-state index in [0.717, 1.165) is 105 Å². The van der Waals surface area contributed by atoms with E-state index in [9.17, 15) is 0 Å². The molecule has 65 heavy (non-hydrogen) atoms. The molecule has 2 heterocycles. The molecule has 0 bridgehead atoms. The molecule has 320 valence electrons. The van der Waals surface area contributed by atoms with Gasteiger partial charge in [-0.3, -0.25) is 4.99 Å². The zero-order valence-corrected chi connectivity index (χ0v) is 38.0. The maximum absolute atomic E-state index is 6.79. The standard InChI is InChI=1S/C60H53N3O2/c1-9-47(21-12-40(7)37(2)3)62(49-22-13-41(14-23-49)36-61-8)51-26-17-43-32-55-53-28-29-54-56-33-44-18-27-52(31-46(44)35-58(56)65-60(54)59(53)64-57(55)34-45(43)30-51)63(48-19-10-39(6)11-20-48)50-24-15-42(16-25-50)38(4)5/h9-35,37-38H,1,8,36H2,2-7H3/b40-12+,47-21+. The molecule has 0 radical (unpaired) electrons. The van der Waals surface area contributed by atoms with E-state index in [4.69, 9.17) is 8.83 Å². The second-order valence-electron chi connectivity index (χ2n) is 17.9. The van der Waals surface area contributed by atoms with Gasteiger partial charge in [0.05, 0.1) is 6.54 Å². The van der Waals surface area contributed by atoms with Crippen molar-refractivity contribution < 1.29 is 8.83 Å². The van der Waals surface area contributed by atoms with Crippen LogP contribution in [0.5, 0.6) is 0 Å². The minimum Gasteiger partial charge on any atom is -0.452 e. The molecule has 0 fully saturated rings. The Labute approximate surface area is 380 Å². The fourth-order valence-electron chi connectivity index (χ4n) is 8.93. The highest BCUT2D eigenvalue weighted by Gasteiger charge is 2.20. The number of fused-ring (bicyclic) bond motifs is 9. The van der Waals surface area contributed by atoms with Gasteiger partial charge in [0.15, 0.2) is 11.2 Å². The molecule has 0 amide bonds. The number of aliphatic imine (C=N–C) groups is 1. The first-order valence-corrected chi connectivity index (χ1v) is 22.5. The van der Waals surface area contributed by atoms with Crippen LogP contribution in [0.4, 0.5) is 28.4 Å². The smallest absolute Gasteiger partial charge is 0.178 e. The topological polar surface area (TPSA) is 45.1 Å². The Morgan fingerprint density at radius 3 is 1.63 bits per heavy atom. The Morgan fingerprint density at radius 1 is 0.569 bits per heavy atom. The Hall–Kier alpha value is -7.63. The molecule has 0 saturated heterocycles. The summed E-state index contributed by atoms with van der Waals surface area (Å²) in [6.45, 7) is 21.7. The Bertz CT molecular complexity index is 3510. The lowest BCUT2D eigenvalue weighted by Crippen LogP contribution is -2.15. The monoisotopic (exact) mass is 847 g/mol. The van der Waals surface area contributed by atoms with Crippen molar-refractivity contribution in [3.63, 3.8) is 0 Å². The molecule has 0 unspecified atom stereocenters. The fraction of sp³-hybridized carbons (Fsp3) is 0.150. The van der Waals surface area contributed by atoms with E-state index in [1.165, 1.54) is 16.7 Å². The number of anilines is 5. The van der Waals surface area contributed by atoms with Gasteiger partial charge in [-0.25, -0.2) is 0 Å². The van der Waals surface area contributed by atoms with Gasteiger partial charge in [0.25, 0.3) is 0 Å². The van der Waals surface area contributed by atoms with Crippen LogP contribution in [0.3, 0.4) is 0 Å². The summed E-state index contributed by atoms with van der Waals surface area (Å²) in [5.41, 5.74) is 14.4. The summed E-state index contributed by atoms with van der Waals surface area (Å²) in [6, 6.07) is 52.7. The molecule has 0 aliphatic heterocycles. The van der Waals surface area contributed by atoms with Gasteiger partial charge in [-0.15, -0.1) is 0 Å². The summed E-state index contributed by atoms with van der Waals surface area (Å²) in [6.07, 6.45) is 6.26. The molecule has 0 atom stereocenters. The molecule has 2 aromatic heterocycles. The van der Waals surface area contributed by atoms with Crippen molar-refractivity contribution >= 4 is 101 Å². The van der Waals surface area contributed by atoms with Gasteiger partial charge in [-0.1, -0.05) is 100 Å². The van der Waals surface area contributed by atoms with Crippen molar-refractivity contribution in [2.45, 2.75) is 54.0 Å². The number of hydrogen-bond acceptors (Lipinski definition) is 5. The fourth-order valence-corrected chi connectivity index (χ4v) is 8.93. The van der Waals surface area contributed by atoms with Crippen LogP contribution in [0.1, 0.15) is 57.2 Å². The number of benzene rings is 8. The van der Waals surface area contributed by atoms with Crippen molar-refractivity contribution in [1.29, 1.82) is 0 Å². The van der Waals surface area contributed by atoms with Crippen LogP contribution in [0.2, 0.25) is 0 Å². The van der Waals surface area contributed by atoms with Crippen LogP contribution >= 0.6 is 0 Å². The molecular formula is C60H53N3O2. The van der Waals surface area contributed by atoms with E-state index >= 15 is 0 Å². The number of furan rings is 2. The highest BCUT2D eigenvalue weighted by atomic mass is 16.4. The molecular weight excluding hydrogens is 795 g/mol. The highest BCUT2D eigenvalue weighted by Crippen LogP contribution is 2.43. The average Bonchev–Trinajstić information content (AvgIpc) is 3.87. The van der Waals surface area contributed by atoms with Crippen molar-refractivity contribution in [1.82, 2.24) is 0 Å². The van der Waals surface area contributed by atoms with Crippen LogP contribution in [0, 0.1) is 12.8 Å². The number of aryl methyl sites for hydroxylation is 1. The third-order valence-corrected chi connectivity index (χ3v) is 13.0. The normalized spacial score (nSPS) is 12.5. The zero-order valence-electron chi connectivity index (χ0n) is 38.0. The van der Waals surface area contributed by atoms with E-state index < -0.39 is 0 Å². The van der Waals surface area contributed by atoms with Gasteiger partial charge in [0.2, 0.25) is 0 Å². The van der Waals surface area contributed by atoms with Crippen LogP contribution in [-0.2, 0) is 6.54 Å². The molecule has 0 aliphatic carbocycles. The number of allylic oxidation sites excluding steroid dienone is 4. The largest absolute Gasteiger partial charge is 0.452 e. The van der Waals surface area contributed by atoms with Gasteiger partial charge < -0.3 is 18.6 Å². The molecule has 10 aromatic rings. The van der Waals surface area contributed by atoms with E-state index in [-0.39, 0.29) is 0 Å². The number of nitrogens with zero attached hydrogens (tertiary/aromatic N) is 3. The molecule has 5 nitrogen and oxygen atoms in total. The molecule has 10 rings (SSSR count). The lowest BCUT2D eigenvalue weighted by molar-refractivity contribution is 0.634. The predicted molar refractivity (Wildman–Crippen MR) is 278 cm³/mol. The minimum atomic E-state index is 0.442.